The molecule has 0 bridgehead atoms. The van der Waals surface area contributed by atoms with E-state index < -0.39 is 0 Å². The Kier molecular flexibility index (Phi) is 6.85. The van der Waals surface area contributed by atoms with E-state index in [1.54, 1.807) is 0 Å². The van der Waals surface area contributed by atoms with Gasteiger partial charge in [0.1, 0.15) is 0 Å². The zero-order chi connectivity index (χ0) is 16.7. The van der Waals surface area contributed by atoms with Gasteiger partial charge in [0.2, 0.25) is 0 Å². The van der Waals surface area contributed by atoms with E-state index in [1.807, 2.05) is 37.3 Å². The number of aryl methyl sites for hydroxylation is 2. The minimum atomic E-state index is -0.0768. The van der Waals surface area contributed by atoms with E-state index in [2.05, 4.69) is 40.3 Å². The summed E-state index contributed by atoms with van der Waals surface area (Å²) in [5, 5.41) is 2.95. The summed E-state index contributed by atoms with van der Waals surface area (Å²) in [6.45, 7) is 4.25. The van der Waals surface area contributed by atoms with Gasteiger partial charge in [-0.1, -0.05) is 44.4 Å². The van der Waals surface area contributed by atoms with Gasteiger partial charge in [0.15, 0.2) is 0 Å². The van der Waals surface area contributed by atoms with Crippen LogP contribution in [0.4, 0.5) is 5.69 Å². The van der Waals surface area contributed by atoms with Gasteiger partial charge in [-0.05, 0) is 71.1 Å². The van der Waals surface area contributed by atoms with E-state index in [0.29, 0.717) is 5.56 Å². The maximum absolute atomic E-state index is 12.3. The third-order valence-corrected chi connectivity index (χ3v) is 4.56. The van der Waals surface area contributed by atoms with Crippen LogP contribution in [0.3, 0.4) is 0 Å². The van der Waals surface area contributed by atoms with Gasteiger partial charge in [-0.3, -0.25) is 4.79 Å². The summed E-state index contributed by atoms with van der Waals surface area (Å²) >= 11 is 3.49. The number of nitrogens with one attached hydrogen (secondary N) is 1. The monoisotopic (exact) mass is 373 g/mol. The first-order valence-electron chi connectivity index (χ1n) is 8.26. The van der Waals surface area contributed by atoms with Gasteiger partial charge in [0, 0.05) is 10.0 Å². The highest BCUT2D eigenvalue weighted by Gasteiger charge is 2.08. The molecular formula is C20H24BrNO. The number of anilines is 1. The highest BCUT2D eigenvalue weighted by Crippen LogP contribution is 2.24. The van der Waals surface area contributed by atoms with Crippen molar-refractivity contribution in [2.45, 2.75) is 46.0 Å². The Bertz CT molecular complexity index is 649. The van der Waals surface area contributed by atoms with Gasteiger partial charge in [-0.2, -0.15) is 0 Å². The molecule has 0 radical (unpaired) electrons. The van der Waals surface area contributed by atoms with E-state index in [0.717, 1.165) is 22.1 Å². The first kappa shape index (κ1) is 17.7. The Balaban J connectivity index is 1.94. The fourth-order valence-corrected chi connectivity index (χ4v) is 3.09. The van der Waals surface area contributed by atoms with Gasteiger partial charge in [-0.25, -0.2) is 0 Å². The van der Waals surface area contributed by atoms with Crippen LogP contribution >= 0.6 is 15.9 Å². The van der Waals surface area contributed by atoms with Gasteiger partial charge in [0.05, 0.1) is 5.69 Å². The molecule has 23 heavy (non-hydrogen) atoms. The molecule has 1 amide bonds. The Labute approximate surface area is 147 Å². The van der Waals surface area contributed by atoms with Crippen molar-refractivity contribution in [3.8, 4) is 0 Å². The Hall–Kier alpha value is -1.61. The molecule has 2 nitrogen and oxygen atoms in total. The molecule has 2 aromatic rings. The highest BCUT2D eigenvalue weighted by atomic mass is 79.9. The largest absolute Gasteiger partial charge is 0.321 e. The third-order valence-electron chi connectivity index (χ3n) is 3.91. The first-order valence-corrected chi connectivity index (χ1v) is 9.06. The first-order chi connectivity index (χ1) is 11.1. The lowest BCUT2D eigenvalue weighted by molar-refractivity contribution is 0.102. The van der Waals surface area contributed by atoms with Crippen molar-refractivity contribution in [3.63, 3.8) is 0 Å². The number of carbonyl (C=O) groups excluding carboxylic acids is 1. The molecule has 0 aliphatic rings. The molecule has 0 saturated heterocycles. The molecule has 1 N–H and O–H groups in total. The van der Waals surface area contributed by atoms with Crippen molar-refractivity contribution in [3.05, 3.63) is 63.6 Å². The predicted molar refractivity (Wildman–Crippen MR) is 101 cm³/mol. The van der Waals surface area contributed by atoms with Gasteiger partial charge < -0.3 is 5.32 Å². The number of carbonyl (C=O) groups is 1. The number of halogens is 1. The van der Waals surface area contributed by atoms with Crippen LogP contribution in [0.25, 0.3) is 0 Å². The van der Waals surface area contributed by atoms with Crippen LogP contribution in [0.2, 0.25) is 0 Å². The van der Waals surface area contributed by atoms with E-state index >= 15 is 0 Å². The molecule has 2 rings (SSSR count). The van der Waals surface area contributed by atoms with Crippen LogP contribution < -0.4 is 5.32 Å². The summed E-state index contributed by atoms with van der Waals surface area (Å²) in [5.74, 6) is -0.0768. The fraction of sp³-hybridized carbons (Fsp3) is 0.350. The molecule has 0 atom stereocenters. The molecule has 0 saturated carbocycles. The van der Waals surface area contributed by atoms with E-state index in [4.69, 9.17) is 0 Å². The zero-order valence-corrected chi connectivity index (χ0v) is 15.4. The van der Waals surface area contributed by atoms with Crippen molar-refractivity contribution in [2.75, 3.05) is 5.32 Å². The number of rotatable bonds is 7. The predicted octanol–water partition coefficient (Wildman–Crippen LogP) is 6.13. The third kappa shape index (κ3) is 5.51. The fourth-order valence-electron chi connectivity index (χ4n) is 2.49. The van der Waals surface area contributed by atoms with Crippen LogP contribution in [0, 0.1) is 6.92 Å². The maximum atomic E-state index is 12.3. The van der Waals surface area contributed by atoms with E-state index in [1.165, 1.54) is 31.2 Å². The number of hydrogen-bond donors (Lipinski definition) is 1. The molecule has 0 fully saturated rings. The lowest BCUT2D eigenvalue weighted by Gasteiger charge is -2.09. The Morgan fingerprint density at radius 3 is 2.43 bits per heavy atom. The summed E-state index contributed by atoms with van der Waals surface area (Å²) in [7, 11) is 0. The van der Waals surface area contributed by atoms with Crippen molar-refractivity contribution in [1.29, 1.82) is 0 Å². The maximum Gasteiger partial charge on any atom is 0.255 e. The minimum absolute atomic E-state index is 0.0768. The van der Waals surface area contributed by atoms with Crippen molar-refractivity contribution < 1.29 is 4.79 Å². The number of amides is 1. The van der Waals surface area contributed by atoms with Crippen molar-refractivity contribution in [2.24, 2.45) is 0 Å². The second-order valence-electron chi connectivity index (χ2n) is 5.95. The standard InChI is InChI=1S/C20H24BrNO/c1-3-4-5-6-7-16-9-11-17(12-10-16)20(23)22-19-13-8-15(2)14-18(19)21/h8-14H,3-7H2,1-2H3,(H,22,23). The van der Waals surface area contributed by atoms with Crippen LogP contribution in [0.15, 0.2) is 46.9 Å². The summed E-state index contributed by atoms with van der Waals surface area (Å²) in [6, 6.07) is 13.8. The summed E-state index contributed by atoms with van der Waals surface area (Å²) < 4.78 is 0.901. The molecule has 3 heteroatoms. The quantitative estimate of drug-likeness (QED) is 0.580. The van der Waals surface area contributed by atoms with Crippen LogP contribution in [0.1, 0.15) is 54.1 Å². The SMILES string of the molecule is CCCCCCc1ccc(C(=O)Nc2ccc(C)cc2Br)cc1. The average Bonchev–Trinajstić information content (AvgIpc) is 2.55. The minimum Gasteiger partial charge on any atom is -0.321 e. The summed E-state index contributed by atoms with van der Waals surface area (Å²) in [5.41, 5.74) is 3.94. The number of unbranched alkanes of at least 4 members (excludes halogenated alkanes) is 3. The zero-order valence-electron chi connectivity index (χ0n) is 13.9. The lowest BCUT2D eigenvalue weighted by atomic mass is 10.0. The Morgan fingerprint density at radius 2 is 1.78 bits per heavy atom. The van der Waals surface area contributed by atoms with Crippen LogP contribution in [-0.2, 0) is 6.42 Å². The molecule has 0 heterocycles. The van der Waals surface area contributed by atoms with Crippen LogP contribution in [0.5, 0.6) is 0 Å². The normalized spacial score (nSPS) is 10.6. The average molecular weight is 374 g/mol. The van der Waals surface area contributed by atoms with Crippen molar-refractivity contribution >= 4 is 27.5 Å². The highest BCUT2D eigenvalue weighted by molar-refractivity contribution is 9.10. The van der Waals surface area contributed by atoms with Gasteiger partial charge >= 0.3 is 0 Å². The molecular weight excluding hydrogens is 350 g/mol. The topological polar surface area (TPSA) is 29.1 Å². The Morgan fingerprint density at radius 1 is 1.04 bits per heavy atom. The molecule has 0 spiro atoms. The van der Waals surface area contributed by atoms with Crippen LogP contribution in [-0.4, -0.2) is 5.91 Å². The number of benzene rings is 2. The van der Waals surface area contributed by atoms with E-state index in [9.17, 15) is 4.79 Å². The molecule has 0 aliphatic heterocycles. The summed E-state index contributed by atoms with van der Waals surface area (Å²) in [6.07, 6.45) is 6.14. The van der Waals surface area contributed by atoms with Gasteiger partial charge in [0.25, 0.3) is 5.91 Å². The van der Waals surface area contributed by atoms with Crippen molar-refractivity contribution in [1.82, 2.24) is 0 Å². The molecule has 122 valence electrons. The lowest BCUT2D eigenvalue weighted by Crippen LogP contribution is -2.12. The smallest absolute Gasteiger partial charge is 0.255 e. The molecule has 0 unspecified atom stereocenters. The molecule has 0 aliphatic carbocycles. The van der Waals surface area contributed by atoms with E-state index in [-0.39, 0.29) is 5.91 Å². The number of hydrogen-bond acceptors (Lipinski definition) is 1. The molecule has 2 aromatic carbocycles. The second kappa shape index (κ2) is 8.88. The summed E-state index contributed by atoms with van der Waals surface area (Å²) in [4.78, 5) is 12.3. The molecule has 0 aromatic heterocycles. The van der Waals surface area contributed by atoms with Gasteiger partial charge in [-0.15, -0.1) is 0 Å². The second-order valence-corrected chi connectivity index (χ2v) is 6.80.